The highest BCUT2D eigenvalue weighted by Gasteiger charge is 2.61. The van der Waals surface area contributed by atoms with Crippen LogP contribution in [0.3, 0.4) is 0 Å². The van der Waals surface area contributed by atoms with Gasteiger partial charge in [0.05, 0.1) is 11.5 Å². The van der Waals surface area contributed by atoms with Crippen LogP contribution in [-0.2, 0) is 26.7 Å². The number of carbonyl (C=O) groups excluding carboxylic acids is 1. The van der Waals surface area contributed by atoms with Crippen molar-refractivity contribution in [2.45, 2.75) is 32.3 Å². The van der Waals surface area contributed by atoms with Gasteiger partial charge in [-0.2, -0.15) is 5.06 Å². The number of hydrogen-bond donors (Lipinski definition) is 0. The van der Waals surface area contributed by atoms with Gasteiger partial charge in [0.2, 0.25) is 5.72 Å². The zero-order valence-corrected chi connectivity index (χ0v) is 10.9. The van der Waals surface area contributed by atoms with E-state index in [0.29, 0.717) is 6.61 Å². The fourth-order valence-electron chi connectivity index (χ4n) is 3.07. The molecule has 0 unspecified atom stereocenters. The fraction of sp³-hybridized carbons (Fsp3) is 0.400. The number of benzene rings is 1. The topological polar surface area (TPSA) is 38.8 Å². The summed E-state index contributed by atoms with van der Waals surface area (Å²) in [6.07, 6.45) is 3.72. The summed E-state index contributed by atoms with van der Waals surface area (Å²) < 4.78 is 6.17. The summed E-state index contributed by atoms with van der Waals surface area (Å²) in [6.45, 7) is 4.19. The van der Waals surface area contributed by atoms with Crippen LogP contribution >= 0.6 is 0 Å². The first-order chi connectivity index (χ1) is 9.06. The molecule has 2 bridgehead atoms. The van der Waals surface area contributed by atoms with Gasteiger partial charge in [-0.1, -0.05) is 30.3 Å². The molecule has 0 aliphatic carbocycles. The molecule has 1 amide bonds. The number of carbonyl (C=O) groups is 1. The lowest BCUT2D eigenvalue weighted by atomic mass is 9.84. The van der Waals surface area contributed by atoms with E-state index in [1.54, 1.807) is 0 Å². The maximum atomic E-state index is 12.6. The molecule has 3 aliphatic heterocycles. The molecule has 1 spiro atoms. The Morgan fingerprint density at radius 2 is 2.11 bits per heavy atom. The molecule has 4 heteroatoms. The second-order valence-corrected chi connectivity index (χ2v) is 5.85. The standard InChI is InChI=1S/C15H15NO3/c1-14(2)12-7-8-15(19-12)11-6-4-3-5-10(11)9-18-16(15)13(14)17/h3-8,12H,9H2,1-2H3/t12-,15-/m1/s1. The summed E-state index contributed by atoms with van der Waals surface area (Å²) in [6, 6.07) is 7.95. The van der Waals surface area contributed by atoms with Crippen LogP contribution < -0.4 is 0 Å². The van der Waals surface area contributed by atoms with E-state index in [4.69, 9.17) is 9.57 Å². The molecular formula is C15H15NO3. The van der Waals surface area contributed by atoms with Crippen molar-refractivity contribution in [1.82, 2.24) is 5.06 Å². The second-order valence-electron chi connectivity index (χ2n) is 5.85. The zero-order valence-electron chi connectivity index (χ0n) is 10.9. The first-order valence-corrected chi connectivity index (χ1v) is 6.49. The van der Waals surface area contributed by atoms with Gasteiger partial charge < -0.3 is 4.74 Å². The van der Waals surface area contributed by atoms with Crippen molar-refractivity contribution in [3.63, 3.8) is 0 Å². The maximum absolute atomic E-state index is 12.6. The van der Waals surface area contributed by atoms with Gasteiger partial charge >= 0.3 is 0 Å². The first kappa shape index (κ1) is 11.2. The van der Waals surface area contributed by atoms with E-state index in [1.165, 1.54) is 5.06 Å². The predicted molar refractivity (Wildman–Crippen MR) is 67.5 cm³/mol. The van der Waals surface area contributed by atoms with Crippen molar-refractivity contribution < 1.29 is 14.4 Å². The first-order valence-electron chi connectivity index (χ1n) is 6.49. The Morgan fingerprint density at radius 3 is 2.95 bits per heavy atom. The minimum Gasteiger partial charge on any atom is -0.337 e. The molecule has 4 rings (SSSR count). The smallest absolute Gasteiger partial charge is 0.258 e. The predicted octanol–water partition coefficient (Wildman–Crippen LogP) is 2.11. The van der Waals surface area contributed by atoms with Crippen LogP contribution in [0.15, 0.2) is 36.4 Å². The molecule has 0 saturated carbocycles. The SMILES string of the molecule is CC1(C)C(=O)N2OCc3ccccc3[C@]23C=C[C@H]1O3. The molecule has 19 heavy (non-hydrogen) atoms. The van der Waals surface area contributed by atoms with Gasteiger partial charge in [0.1, 0.15) is 6.61 Å². The molecule has 2 atom stereocenters. The Balaban J connectivity index is 1.93. The van der Waals surface area contributed by atoms with E-state index in [0.717, 1.165) is 11.1 Å². The molecule has 3 aliphatic rings. The van der Waals surface area contributed by atoms with E-state index in [-0.39, 0.29) is 12.0 Å². The highest BCUT2D eigenvalue weighted by Crippen LogP contribution is 2.51. The van der Waals surface area contributed by atoms with Gasteiger partial charge in [-0.15, -0.1) is 0 Å². The Kier molecular flexibility index (Phi) is 1.92. The quantitative estimate of drug-likeness (QED) is 0.668. The molecule has 0 aromatic heterocycles. The van der Waals surface area contributed by atoms with Gasteiger partial charge in [-0.3, -0.25) is 9.63 Å². The van der Waals surface area contributed by atoms with E-state index in [9.17, 15) is 4.79 Å². The Labute approximate surface area is 111 Å². The van der Waals surface area contributed by atoms with E-state index >= 15 is 0 Å². The van der Waals surface area contributed by atoms with Crippen LogP contribution in [0.25, 0.3) is 0 Å². The minimum absolute atomic E-state index is 0.0248. The second kappa shape index (κ2) is 3.26. The molecule has 1 aromatic carbocycles. The maximum Gasteiger partial charge on any atom is 0.258 e. The van der Waals surface area contributed by atoms with Gasteiger partial charge in [0.25, 0.3) is 5.91 Å². The fourth-order valence-corrected chi connectivity index (χ4v) is 3.07. The van der Waals surface area contributed by atoms with Gasteiger partial charge in [-0.25, -0.2) is 0 Å². The number of amides is 1. The highest BCUT2D eigenvalue weighted by molar-refractivity contribution is 5.85. The molecular weight excluding hydrogens is 242 g/mol. The third kappa shape index (κ3) is 1.18. The Morgan fingerprint density at radius 1 is 1.32 bits per heavy atom. The summed E-state index contributed by atoms with van der Waals surface area (Å²) in [5.41, 5.74) is 0.606. The number of ether oxygens (including phenoxy) is 1. The van der Waals surface area contributed by atoms with E-state index in [1.807, 2.05) is 50.3 Å². The Hall–Kier alpha value is -1.65. The monoisotopic (exact) mass is 257 g/mol. The van der Waals surface area contributed by atoms with Crippen LogP contribution in [0.5, 0.6) is 0 Å². The van der Waals surface area contributed by atoms with Crippen molar-refractivity contribution in [1.29, 1.82) is 0 Å². The number of fused-ring (bicyclic) bond motifs is 2. The van der Waals surface area contributed by atoms with Crippen molar-refractivity contribution in [3.05, 3.63) is 47.5 Å². The largest absolute Gasteiger partial charge is 0.337 e. The lowest BCUT2D eigenvalue weighted by Crippen LogP contribution is -2.62. The molecule has 1 fully saturated rings. The number of rotatable bonds is 0. The average molecular weight is 257 g/mol. The number of hydroxylamine groups is 2. The van der Waals surface area contributed by atoms with Crippen molar-refractivity contribution in [2.24, 2.45) is 5.41 Å². The van der Waals surface area contributed by atoms with Gasteiger partial charge in [0, 0.05) is 5.56 Å². The van der Waals surface area contributed by atoms with Crippen LogP contribution in [0, 0.1) is 5.41 Å². The molecule has 1 saturated heterocycles. The molecule has 0 radical (unpaired) electrons. The molecule has 4 nitrogen and oxygen atoms in total. The lowest BCUT2D eigenvalue weighted by molar-refractivity contribution is -0.328. The number of nitrogens with zero attached hydrogens (tertiary/aromatic N) is 1. The van der Waals surface area contributed by atoms with Crippen LogP contribution in [0.2, 0.25) is 0 Å². The van der Waals surface area contributed by atoms with Crippen molar-refractivity contribution >= 4 is 5.91 Å². The molecule has 98 valence electrons. The van der Waals surface area contributed by atoms with Crippen LogP contribution in [0.1, 0.15) is 25.0 Å². The molecule has 3 heterocycles. The van der Waals surface area contributed by atoms with E-state index < -0.39 is 11.1 Å². The molecule has 0 N–H and O–H groups in total. The van der Waals surface area contributed by atoms with Gasteiger partial charge in [-0.05, 0) is 25.5 Å². The third-order valence-corrected chi connectivity index (χ3v) is 4.30. The van der Waals surface area contributed by atoms with Crippen LogP contribution in [-0.4, -0.2) is 17.1 Å². The normalized spacial score (nSPS) is 34.1. The van der Waals surface area contributed by atoms with Crippen molar-refractivity contribution in [3.8, 4) is 0 Å². The summed E-state index contributed by atoms with van der Waals surface area (Å²) in [5, 5.41) is 1.41. The summed E-state index contributed by atoms with van der Waals surface area (Å²) in [4.78, 5) is 18.3. The summed E-state index contributed by atoms with van der Waals surface area (Å²) in [7, 11) is 0. The average Bonchev–Trinajstić information content (AvgIpc) is 2.82. The number of hydrogen-bond acceptors (Lipinski definition) is 3. The van der Waals surface area contributed by atoms with Gasteiger partial charge in [0.15, 0.2) is 0 Å². The van der Waals surface area contributed by atoms with Crippen molar-refractivity contribution in [2.75, 3.05) is 0 Å². The van der Waals surface area contributed by atoms with E-state index in [2.05, 4.69) is 0 Å². The minimum atomic E-state index is -0.869. The third-order valence-electron chi connectivity index (χ3n) is 4.30. The summed E-state index contributed by atoms with van der Waals surface area (Å²) >= 11 is 0. The lowest BCUT2D eigenvalue weighted by Gasteiger charge is -2.50. The highest BCUT2D eigenvalue weighted by atomic mass is 16.7. The molecule has 1 aromatic rings. The Bertz CT molecular complexity index is 607. The van der Waals surface area contributed by atoms with Crippen LogP contribution in [0.4, 0.5) is 0 Å². The summed E-state index contributed by atoms with van der Waals surface area (Å²) in [5.74, 6) is -0.0248. The zero-order chi connectivity index (χ0) is 13.3.